The highest BCUT2D eigenvalue weighted by molar-refractivity contribution is 5.78. The van der Waals surface area contributed by atoms with Crippen LogP contribution >= 0.6 is 0 Å². The van der Waals surface area contributed by atoms with Crippen LogP contribution in [-0.2, 0) is 4.79 Å². The molecule has 2 aromatic rings. The quantitative estimate of drug-likeness (QED) is 0.850. The highest BCUT2D eigenvalue weighted by atomic mass is 16.3. The number of hydrogen-bond acceptors (Lipinski definition) is 3. The average molecular weight is 219 g/mol. The van der Waals surface area contributed by atoms with E-state index in [1.165, 1.54) is 0 Å². The fraction of sp³-hybridized carbons (Fsp3) is 0.273. The van der Waals surface area contributed by atoms with E-state index in [0.717, 1.165) is 5.76 Å². The first kappa shape index (κ1) is 10.5. The summed E-state index contributed by atoms with van der Waals surface area (Å²) in [6.07, 6.45) is 3.33. The van der Waals surface area contributed by atoms with Gasteiger partial charge in [0.2, 0.25) is 5.91 Å². The lowest BCUT2D eigenvalue weighted by Gasteiger charge is -2.11. The molecule has 16 heavy (non-hydrogen) atoms. The number of furan rings is 1. The van der Waals surface area contributed by atoms with Crippen LogP contribution in [0, 0.1) is 6.92 Å². The third-order valence-electron chi connectivity index (χ3n) is 2.46. The Morgan fingerprint density at radius 3 is 2.88 bits per heavy atom. The van der Waals surface area contributed by atoms with Crippen LogP contribution in [-0.4, -0.2) is 15.5 Å². The van der Waals surface area contributed by atoms with E-state index >= 15 is 0 Å². The monoisotopic (exact) mass is 219 g/mol. The summed E-state index contributed by atoms with van der Waals surface area (Å²) in [7, 11) is 0. The molecule has 2 N–H and O–H groups in total. The minimum Gasteiger partial charge on any atom is -0.458 e. The van der Waals surface area contributed by atoms with Gasteiger partial charge in [0.1, 0.15) is 11.8 Å². The highest BCUT2D eigenvalue weighted by Gasteiger charge is 2.17. The van der Waals surface area contributed by atoms with E-state index in [2.05, 4.69) is 4.98 Å². The fourth-order valence-electron chi connectivity index (χ4n) is 1.51. The van der Waals surface area contributed by atoms with Gasteiger partial charge in [-0.05, 0) is 26.0 Å². The number of rotatable bonds is 3. The maximum atomic E-state index is 11.1. The third kappa shape index (κ3) is 1.71. The summed E-state index contributed by atoms with van der Waals surface area (Å²) in [5.41, 5.74) is 5.26. The number of nitrogens with zero attached hydrogens (tertiary/aromatic N) is 2. The number of imidazole rings is 1. The Kier molecular flexibility index (Phi) is 2.52. The molecule has 0 spiro atoms. The Hall–Kier alpha value is -2.04. The summed E-state index contributed by atoms with van der Waals surface area (Å²) < 4.78 is 7.16. The number of aromatic nitrogens is 2. The average Bonchev–Trinajstić information content (AvgIpc) is 2.83. The number of aryl methyl sites for hydroxylation is 1. The van der Waals surface area contributed by atoms with Gasteiger partial charge in [0.05, 0.1) is 0 Å². The summed E-state index contributed by atoms with van der Waals surface area (Å²) in [5.74, 6) is 1.65. The number of primary amides is 1. The lowest BCUT2D eigenvalue weighted by atomic mass is 10.3. The number of carbonyl (C=O) groups is 1. The summed E-state index contributed by atoms with van der Waals surface area (Å²) in [6, 6.07) is 3.23. The van der Waals surface area contributed by atoms with Crippen LogP contribution in [0.3, 0.4) is 0 Å². The van der Waals surface area contributed by atoms with Crippen molar-refractivity contribution in [2.75, 3.05) is 0 Å². The number of nitrogens with two attached hydrogens (primary N) is 1. The van der Waals surface area contributed by atoms with Crippen molar-refractivity contribution in [3.05, 3.63) is 30.3 Å². The van der Waals surface area contributed by atoms with Gasteiger partial charge < -0.3 is 14.7 Å². The van der Waals surface area contributed by atoms with Gasteiger partial charge in [-0.2, -0.15) is 0 Å². The molecule has 0 aromatic carbocycles. The van der Waals surface area contributed by atoms with Gasteiger partial charge >= 0.3 is 0 Å². The molecule has 0 saturated heterocycles. The molecular weight excluding hydrogens is 206 g/mol. The SMILES string of the molecule is Cc1ccc(-c2nccn2[C@@H](C)C(N)=O)o1. The summed E-state index contributed by atoms with van der Waals surface area (Å²) in [6.45, 7) is 3.58. The zero-order valence-electron chi connectivity index (χ0n) is 9.18. The first-order valence-electron chi connectivity index (χ1n) is 4.98. The van der Waals surface area contributed by atoms with Gasteiger partial charge in [0.25, 0.3) is 0 Å². The van der Waals surface area contributed by atoms with E-state index < -0.39 is 11.9 Å². The standard InChI is InChI=1S/C11H13N3O2/c1-7-3-4-9(16-7)11-13-5-6-14(11)8(2)10(12)15/h3-6,8H,1-2H3,(H2,12,15)/t8-/m0/s1. The first-order valence-corrected chi connectivity index (χ1v) is 4.98. The Morgan fingerprint density at radius 1 is 1.56 bits per heavy atom. The van der Waals surface area contributed by atoms with E-state index in [1.807, 2.05) is 19.1 Å². The Bertz CT molecular complexity index is 513. The first-order chi connectivity index (χ1) is 7.59. The maximum absolute atomic E-state index is 11.1. The molecule has 2 heterocycles. The number of amides is 1. The molecule has 0 aliphatic heterocycles. The second-order valence-corrected chi connectivity index (χ2v) is 3.65. The van der Waals surface area contributed by atoms with Crippen LogP contribution in [0.5, 0.6) is 0 Å². The smallest absolute Gasteiger partial charge is 0.240 e. The lowest BCUT2D eigenvalue weighted by Crippen LogP contribution is -2.24. The fourth-order valence-corrected chi connectivity index (χ4v) is 1.51. The summed E-state index contributed by atoms with van der Waals surface area (Å²) in [5, 5.41) is 0. The van der Waals surface area contributed by atoms with E-state index in [-0.39, 0.29) is 0 Å². The molecule has 1 amide bonds. The predicted octanol–water partition coefficient (Wildman–Crippen LogP) is 1.50. The Morgan fingerprint density at radius 2 is 2.31 bits per heavy atom. The Labute approximate surface area is 92.9 Å². The molecular formula is C11H13N3O2. The maximum Gasteiger partial charge on any atom is 0.240 e. The second kappa shape index (κ2) is 3.84. The van der Waals surface area contributed by atoms with Crippen molar-refractivity contribution >= 4 is 5.91 Å². The van der Waals surface area contributed by atoms with Crippen molar-refractivity contribution in [2.24, 2.45) is 5.73 Å². The molecule has 0 radical (unpaired) electrons. The molecule has 84 valence electrons. The zero-order chi connectivity index (χ0) is 11.7. The lowest BCUT2D eigenvalue weighted by molar-refractivity contribution is -0.120. The van der Waals surface area contributed by atoms with Gasteiger partial charge in [-0.25, -0.2) is 4.98 Å². The predicted molar refractivity (Wildman–Crippen MR) is 58.6 cm³/mol. The van der Waals surface area contributed by atoms with Crippen LogP contribution in [0.15, 0.2) is 28.9 Å². The molecule has 2 rings (SSSR count). The van der Waals surface area contributed by atoms with Crippen LogP contribution in [0.4, 0.5) is 0 Å². The normalized spacial score (nSPS) is 12.6. The number of carbonyl (C=O) groups excluding carboxylic acids is 1. The second-order valence-electron chi connectivity index (χ2n) is 3.65. The molecule has 0 aliphatic rings. The van der Waals surface area contributed by atoms with E-state index in [9.17, 15) is 4.79 Å². The largest absolute Gasteiger partial charge is 0.458 e. The van der Waals surface area contributed by atoms with Crippen molar-refractivity contribution in [2.45, 2.75) is 19.9 Å². The van der Waals surface area contributed by atoms with E-state index in [1.54, 1.807) is 23.9 Å². The van der Waals surface area contributed by atoms with Gasteiger partial charge in [-0.1, -0.05) is 0 Å². The molecule has 5 heteroatoms. The highest BCUT2D eigenvalue weighted by Crippen LogP contribution is 2.22. The van der Waals surface area contributed by atoms with Crippen molar-refractivity contribution < 1.29 is 9.21 Å². The molecule has 0 unspecified atom stereocenters. The van der Waals surface area contributed by atoms with E-state index in [4.69, 9.17) is 10.2 Å². The summed E-state index contributed by atoms with van der Waals surface area (Å²) >= 11 is 0. The zero-order valence-corrected chi connectivity index (χ0v) is 9.18. The van der Waals surface area contributed by atoms with Crippen LogP contribution in [0.2, 0.25) is 0 Å². The molecule has 5 nitrogen and oxygen atoms in total. The van der Waals surface area contributed by atoms with Gasteiger partial charge in [0.15, 0.2) is 11.6 Å². The van der Waals surface area contributed by atoms with Crippen LogP contribution in [0.25, 0.3) is 11.6 Å². The topological polar surface area (TPSA) is 74.1 Å². The molecule has 0 aliphatic carbocycles. The minimum atomic E-state index is -0.442. The number of hydrogen-bond donors (Lipinski definition) is 1. The molecule has 0 saturated carbocycles. The van der Waals surface area contributed by atoms with Crippen molar-refractivity contribution in [3.8, 4) is 11.6 Å². The summed E-state index contributed by atoms with van der Waals surface area (Å²) in [4.78, 5) is 15.3. The van der Waals surface area contributed by atoms with Crippen LogP contribution in [0.1, 0.15) is 18.7 Å². The van der Waals surface area contributed by atoms with Crippen molar-refractivity contribution in [1.29, 1.82) is 0 Å². The molecule has 1 atom stereocenters. The molecule has 0 bridgehead atoms. The van der Waals surface area contributed by atoms with Crippen molar-refractivity contribution in [3.63, 3.8) is 0 Å². The Balaban J connectivity index is 2.43. The van der Waals surface area contributed by atoms with Crippen molar-refractivity contribution in [1.82, 2.24) is 9.55 Å². The molecule has 2 aromatic heterocycles. The van der Waals surface area contributed by atoms with Crippen LogP contribution < -0.4 is 5.73 Å². The van der Waals surface area contributed by atoms with Gasteiger partial charge in [0, 0.05) is 12.4 Å². The minimum absolute atomic E-state index is 0.400. The van der Waals surface area contributed by atoms with Gasteiger partial charge in [-0.3, -0.25) is 4.79 Å². The third-order valence-corrected chi connectivity index (χ3v) is 2.46. The van der Waals surface area contributed by atoms with Gasteiger partial charge in [-0.15, -0.1) is 0 Å². The van der Waals surface area contributed by atoms with E-state index in [0.29, 0.717) is 11.6 Å². The molecule has 0 fully saturated rings.